The first-order valence-electron chi connectivity index (χ1n) is 11.2. The maximum absolute atomic E-state index is 13.9. The van der Waals surface area contributed by atoms with Crippen molar-refractivity contribution in [2.24, 2.45) is 5.92 Å². The molecule has 0 N–H and O–H groups in total. The molecule has 1 fully saturated rings. The van der Waals surface area contributed by atoms with Gasteiger partial charge in [0.1, 0.15) is 10.7 Å². The number of thiophene rings is 2. The van der Waals surface area contributed by atoms with Crippen LogP contribution in [0.4, 0.5) is 0 Å². The van der Waals surface area contributed by atoms with Crippen molar-refractivity contribution in [3.8, 4) is 10.4 Å². The molecule has 0 saturated carbocycles. The number of piperidine rings is 1. The van der Waals surface area contributed by atoms with E-state index in [1.54, 1.807) is 31.9 Å². The van der Waals surface area contributed by atoms with E-state index in [2.05, 4.69) is 45.7 Å². The standard InChI is InChI=1S/C22H27N7OS2/c1-3-8-29-19(24-25-26-29)13-28-18(12-27-9-6-15(2)7-10-27)23-21-20(22(28)30)16(14-32-21)17-5-4-11-31-17/h4-5,11,14-15H,3,6-10,12-13H2,1-2H3. The molecule has 0 aliphatic carbocycles. The van der Waals surface area contributed by atoms with Crippen molar-refractivity contribution in [3.63, 3.8) is 0 Å². The molecule has 10 heteroatoms. The van der Waals surface area contributed by atoms with E-state index in [0.717, 1.165) is 53.1 Å². The number of tetrazole rings is 1. The van der Waals surface area contributed by atoms with Crippen molar-refractivity contribution in [2.45, 2.75) is 52.7 Å². The summed E-state index contributed by atoms with van der Waals surface area (Å²) in [6.07, 6.45) is 3.29. The molecule has 0 atom stereocenters. The number of rotatable bonds is 7. The number of aromatic nitrogens is 6. The van der Waals surface area contributed by atoms with Gasteiger partial charge in [0.2, 0.25) is 0 Å². The molecule has 168 valence electrons. The number of hydrogen-bond acceptors (Lipinski definition) is 8. The summed E-state index contributed by atoms with van der Waals surface area (Å²) in [7, 11) is 0. The SMILES string of the molecule is CCCn1nnnc1Cn1c(CN2CCC(C)CC2)nc2scc(-c3cccs3)c2c1=O. The van der Waals surface area contributed by atoms with Crippen LogP contribution in [0.5, 0.6) is 0 Å². The fourth-order valence-electron chi connectivity index (χ4n) is 4.25. The van der Waals surface area contributed by atoms with Crippen molar-refractivity contribution in [2.75, 3.05) is 13.1 Å². The molecule has 0 spiro atoms. The molecule has 0 amide bonds. The van der Waals surface area contributed by atoms with Gasteiger partial charge in [0, 0.05) is 22.4 Å². The molecular formula is C22H27N7OS2. The maximum atomic E-state index is 13.9. The van der Waals surface area contributed by atoms with E-state index in [1.165, 1.54) is 12.8 Å². The van der Waals surface area contributed by atoms with Crippen LogP contribution >= 0.6 is 22.7 Å². The second-order valence-corrected chi connectivity index (χ2v) is 10.3. The van der Waals surface area contributed by atoms with Gasteiger partial charge in [0.05, 0.1) is 18.5 Å². The number of aryl methyl sites for hydroxylation is 1. The van der Waals surface area contributed by atoms with Crippen LogP contribution in [0.1, 0.15) is 44.8 Å². The average molecular weight is 470 g/mol. The lowest BCUT2D eigenvalue weighted by atomic mass is 9.99. The van der Waals surface area contributed by atoms with Crippen molar-refractivity contribution in [1.82, 2.24) is 34.7 Å². The Balaban J connectivity index is 1.60. The molecule has 0 bridgehead atoms. The maximum Gasteiger partial charge on any atom is 0.263 e. The van der Waals surface area contributed by atoms with Crippen molar-refractivity contribution >= 4 is 32.9 Å². The first-order valence-corrected chi connectivity index (χ1v) is 12.9. The minimum atomic E-state index is -0.00826. The third kappa shape index (κ3) is 4.14. The highest BCUT2D eigenvalue weighted by Gasteiger charge is 2.22. The summed E-state index contributed by atoms with van der Waals surface area (Å²) in [6, 6.07) is 4.07. The Morgan fingerprint density at radius 1 is 1.16 bits per heavy atom. The van der Waals surface area contributed by atoms with Gasteiger partial charge >= 0.3 is 0 Å². The molecule has 0 radical (unpaired) electrons. The lowest BCUT2D eigenvalue weighted by molar-refractivity contribution is 0.179. The molecule has 1 saturated heterocycles. The smallest absolute Gasteiger partial charge is 0.263 e. The van der Waals surface area contributed by atoms with Crippen LogP contribution in [0.25, 0.3) is 20.7 Å². The summed E-state index contributed by atoms with van der Waals surface area (Å²) in [5.74, 6) is 2.24. The minimum absolute atomic E-state index is 0.00826. The van der Waals surface area contributed by atoms with Crippen molar-refractivity contribution < 1.29 is 0 Å². The molecule has 0 aromatic carbocycles. The number of nitrogens with zero attached hydrogens (tertiary/aromatic N) is 7. The number of hydrogen-bond donors (Lipinski definition) is 0. The number of fused-ring (bicyclic) bond motifs is 1. The molecule has 1 aliphatic rings. The van der Waals surface area contributed by atoms with Crippen LogP contribution in [0.2, 0.25) is 0 Å². The average Bonchev–Trinajstić information content (AvgIpc) is 3.54. The quantitative estimate of drug-likeness (QED) is 0.409. The fourth-order valence-corrected chi connectivity index (χ4v) is 6.02. The van der Waals surface area contributed by atoms with Crippen molar-refractivity contribution in [1.29, 1.82) is 0 Å². The molecule has 1 aliphatic heterocycles. The van der Waals surface area contributed by atoms with E-state index < -0.39 is 0 Å². The first-order chi connectivity index (χ1) is 15.6. The normalized spacial score (nSPS) is 15.7. The molecule has 32 heavy (non-hydrogen) atoms. The second kappa shape index (κ2) is 9.21. The monoisotopic (exact) mass is 469 g/mol. The summed E-state index contributed by atoms with van der Waals surface area (Å²) >= 11 is 3.19. The lowest BCUT2D eigenvalue weighted by Crippen LogP contribution is -2.36. The Kier molecular flexibility index (Phi) is 6.16. The third-order valence-electron chi connectivity index (χ3n) is 6.14. The van der Waals surface area contributed by atoms with E-state index in [1.807, 2.05) is 11.4 Å². The molecule has 5 rings (SSSR count). The van der Waals surface area contributed by atoms with Gasteiger partial charge in [-0.1, -0.05) is 19.9 Å². The van der Waals surface area contributed by atoms with Gasteiger partial charge in [-0.25, -0.2) is 9.67 Å². The van der Waals surface area contributed by atoms with E-state index in [0.29, 0.717) is 24.3 Å². The van der Waals surface area contributed by atoms with Crippen LogP contribution in [-0.4, -0.2) is 47.7 Å². The molecule has 4 aromatic heterocycles. The summed E-state index contributed by atoms with van der Waals surface area (Å²) < 4.78 is 3.58. The van der Waals surface area contributed by atoms with Gasteiger partial charge in [-0.15, -0.1) is 27.8 Å². The summed E-state index contributed by atoms with van der Waals surface area (Å²) in [4.78, 5) is 23.2. The Morgan fingerprint density at radius 3 is 2.75 bits per heavy atom. The predicted molar refractivity (Wildman–Crippen MR) is 128 cm³/mol. The minimum Gasteiger partial charge on any atom is -0.296 e. The van der Waals surface area contributed by atoms with E-state index in [4.69, 9.17) is 4.98 Å². The van der Waals surface area contributed by atoms with Crippen LogP contribution in [0.3, 0.4) is 0 Å². The molecular weight excluding hydrogens is 442 g/mol. The zero-order valence-electron chi connectivity index (χ0n) is 18.4. The highest BCUT2D eigenvalue weighted by molar-refractivity contribution is 7.18. The first kappa shape index (κ1) is 21.4. The zero-order valence-corrected chi connectivity index (χ0v) is 20.0. The third-order valence-corrected chi connectivity index (χ3v) is 7.92. The van der Waals surface area contributed by atoms with E-state index >= 15 is 0 Å². The molecule has 8 nitrogen and oxygen atoms in total. The summed E-state index contributed by atoms with van der Waals surface area (Å²) in [5.41, 5.74) is 0.962. The Morgan fingerprint density at radius 2 is 2.00 bits per heavy atom. The van der Waals surface area contributed by atoms with E-state index in [9.17, 15) is 4.79 Å². The Bertz CT molecular complexity index is 1250. The summed E-state index contributed by atoms with van der Waals surface area (Å²) in [6.45, 7) is 8.19. The van der Waals surface area contributed by atoms with Gasteiger partial charge in [-0.3, -0.25) is 14.3 Å². The molecule has 4 aromatic rings. The van der Waals surface area contributed by atoms with Crippen molar-refractivity contribution in [3.05, 3.63) is 44.9 Å². The summed E-state index contributed by atoms with van der Waals surface area (Å²) in [5, 5.41) is 17.0. The van der Waals surface area contributed by atoms with Gasteiger partial charge in [-0.2, -0.15) is 0 Å². The van der Waals surface area contributed by atoms with Gasteiger partial charge in [-0.05, 0) is 60.1 Å². The predicted octanol–water partition coefficient (Wildman–Crippen LogP) is 3.86. The lowest BCUT2D eigenvalue weighted by Gasteiger charge is -2.30. The van der Waals surface area contributed by atoms with Gasteiger partial charge in [0.25, 0.3) is 5.56 Å². The second-order valence-electron chi connectivity index (χ2n) is 8.50. The van der Waals surface area contributed by atoms with Crippen LogP contribution < -0.4 is 5.56 Å². The molecule has 5 heterocycles. The Labute approximate surface area is 194 Å². The largest absolute Gasteiger partial charge is 0.296 e. The van der Waals surface area contributed by atoms with Crippen LogP contribution in [0, 0.1) is 5.92 Å². The highest BCUT2D eigenvalue weighted by atomic mass is 32.1. The van der Waals surface area contributed by atoms with Gasteiger partial charge in [0.15, 0.2) is 5.82 Å². The molecule has 0 unspecified atom stereocenters. The Hall–Kier alpha value is -2.43. The zero-order chi connectivity index (χ0) is 22.1. The van der Waals surface area contributed by atoms with E-state index in [-0.39, 0.29) is 5.56 Å². The fraction of sp³-hybridized carbons (Fsp3) is 0.500. The van der Waals surface area contributed by atoms with Crippen LogP contribution in [-0.2, 0) is 19.6 Å². The highest BCUT2D eigenvalue weighted by Crippen LogP contribution is 2.34. The van der Waals surface area contributed by atoms with Crippen LogP contribution in [0.15, 0.2) is 27.7 Å². The topological polar surface area (TPSA) is 81.7 Å². The number of likely N-dealkylation sites (tertiary alicyclic amines) is 1. The van der Waals surface area contributed by atoms with Gasteiger partial charge < -0.3 is 0 Å².